The molecule has 102 valence electrons. The van der Waals surface area contributed by atoms with Gasteiger partial charge in [-0.15, -0.1) is 0 Å². The number of nitrogens with zero attached hydrogens (tertiary/aromatic N) is 2. The first kappa shape index (κ1) is 14.9. The summed E-state index contributed by atoms with van der Waals surface area (Å²) in [6.07, 6.45) is 1.72. The quantitative estimate of drug-likeness (QED) is 0.655. The van der Waals surface area contributed by atoms with E-state index in [4.69, 9.17) is 0 Å². The zero-order valence-corrected chi connectivity index (χ0v) is 11.8. The summed E-state index contributed by atoms with van der Waals surface area (Å²) in [5, 5.41) is 0. The minimum Gasteiger partial charge on any atom is -0.304 e. The smallest absolute Gasteiger partial charge is 0.211 e. The number of sulfonamides is 1. The molecule has 0 atom stereocenters. The molecule has 1 heterocycles. The van der Waals surface area contributed by atoms with Gasteiger partial charge in [0.1, 0.15) is 0 Å². The van der Waals surface area contributed by atoms with Crippen molar-refractivity contribution < 1.29 is 8.42 Å². The van der Waals surface area contributed by atoms with Gasteiger partial charge in [0.25, 0.3) is 0 Å². The summed E-state index contributed by atoms with van der Waals surface area (Å²) in [6.45, 7) is 7.77. The highest BCUT2D eigenvalue weighted by Gasteiger charge is 2.13. The second-order valence-electron chi connectivity index (χ2n) is 4.67. The molecule has 0 aliphatic carbocycles. The fourth-order valence-electron chi connectivity index (χ4n) is 1.99. The van der Waals surface area contributed by atoms with E-state index in [1.807, 2.05) is 6.92 Å². The Hall–Kier alpha value is -0.170. The van der Waals surface area contributed by atoms with Crippen molar-refractivity contribution in [2.45, 2.75) is 19.8 Å². The van der Waals surface area contributed by atoms with Crippen LogP contribution in [0.2, 0.25) is 0 Å². The van der Waals surface area contributed by atoms with Crippen LogP contribution in [0, 0.1) is 0 Å². The van der Waals surface area contributed by atoms with E-state index in [0.29, 0.717) is 6.54 Å². The molecule has 0 amide bonds. The average molecular weight is 263 g/mol. The Labute approximate surface area is 105 Å². The summed E-state index contributed by atoms with van der Waals surface area (Å²) in [7, 11) is -0.881. The summed E-state index contributed by atoms with van der Waals surface area (Å²) < 4.78 is 25.3. The maximum absolute atomic E-state index is 11.4. The van der Waals surface area contributed by atoms with Crippen LogP contribution in [-0.4, -0.2) is 70.3 Å². The van der Waals surface area contributed by atoms with Crippen molar-refractivity contribution in [2.24, 2.45) is 0 Å². The Balaban J connectivity index is 2.08. The lowest BCUT2D eigenvalue weighted by molar-refractivity contribution is 0.152. The van der Waals surface area contributed by atoms with Gasteiger partial charge in [0.2, 0.25) is 10.0 Å². The van der Waals surface area contributed by atoms with Crippen LogP contribution < -0.4 is 4.72 Å². The van der Waals surface area contributed by atoms with Crippen molar-refractivity contribution in [2.75, 3.05) is 52.1 Å². The van der Waals surface area contributed by atoms with Crippen LogP contribution in [0.3, 0.4) is 0 Å². The largest absolute Gasteiger partial charge is 0.304 e. The van der Waals surface area contributed by atoms with Gasteiger partial charge in [-0.2, -0.15) is 0 Å². The molecule has 1 saturated heterocycles. The molecule has 17 heavy (non-hydrogen) atoms. The van der Waals surface area contributed by atoms with Crippen molar-refractivity contribution in [1.29, 1.82) is 0 Å². The molecule has 0 unspecified atom stereocenters. The molecule has 5 nitrogen and oxygen atoms in total. The summed E-state index contributed by atoms with van der Waals surface area (Å²) in [4.78, 5) is 4.74. The molecule has 0 radical (unpaired) electrons. The van der Waals surface area contributed by atoms with Gasteiger partial charge in [-0.05, 0) is 26.4 Å². The molecule has 0 spiro atoms. The molecular weight excluding hydrogens is 238 g/mol. The van der Waals surface area contributed by atoms with E-state index in [0.717, 1.165) is 45.6 Å². The summed E-state index contributed by atoms with van der Waals surface area (Å²) in [5.74, 6) is 0.259. The predicted octanol–water partition coefficient (Wildman–Crippen LogP) is -0.0467. The predicted molar refractivity (Wildman–Crippen MR) is 70.6 cm³/mol. The number of likely N-dealkylation sites (N-methyl/N-ethyl adjacent to an activating group) is 1. The first-order valence-electron chi connectivity index (χ1n) is 6.42. The second kappa shape index (κ2) is 7.31. The van der Waals surface area contributed by atoms with E-state index in [9.17, 15) is 8.42 Å². The highest BCUT2D eigenvalue weighted by Crippen LogP contribution is 2.02. The highest BCUT2D eigenvalue weighted by molar-refractivity contribution is 7.89. The molecule has 1 rings (SSSR count). The lowest BCUT2D eigenvalue weighted by Crippen LogP contribution is -2.44. The van der Waals surface area contributed by atoms with Crippen LogP contribution in [0.15, 0.2) is 0 Å². The van der Waals surface area contributed by atoms with Crippen molar-refractivity contribution >= 4 is 10.0 Å². The van der Waals surface area contributed by atoms with E-state index in [1.54, 1.807) is 0 Å². The first-order valence-corrected chi connectivity index (χ1v) is 8.07. The van der Waals surface area contributed by atoms with E-state index in [2.05, 4.69) is 21.6 Å². The topological polar surface area (TPSA) is 52.7 Å². The standard InChI is InChI=1S/C11H25N3O2S/c1-3-12-17(15,16)11-5-4-6-14-9-7-13(2)8-10-14/h12H,3-11H2,1-2H3. The number of rotatable bonds is 7. The third kappa shape index (κ3) is 6.35. The van der Waals surface area contributed by atoms with E-state index in [-0.39, 0.29) is 5.75 Å². The highest BCUT2D eigenvalue weighted by atomic mass is 32.2. The normalized spacial score (nSPS) is 19.6. The number of hydrogen-bond acceptors (Lipinski definition) is 4. The maximum atomic E-state index is 11.4. The Morgan fingerprint density at radius 3 is 2.35 bits per heavy atom. The fourth-order valence-corrected chi connectivity index (χ4v) is 3.16. The Morgan fingerprint density at radius 2 is 1.76 bits per heavy atom. The van der Waals surface area contributed by atoms with Crippen LogP contribution in [0.5, 0.6) is 0 Å². The zero-order valence-electron chi connectivity index (χ0n) is 11.0. The number of nitrogens with one attached hydrogen (secondary N) is 1. The molecule has 0 aromatic carbocycles. The molecular formula is C11H25N3O2S. The van der Waals surface area contributed by atoms with Gasteiger partial charge in [-0.3, -0.25) is 0 Å². The van der Waals surface area contributed by atoms with Gasteiger partial charge < -0.3 is 9.80 Å². The SMILES string of the molecule is CCNS(=O)(=O)CCCCN1CCN(C)CC1. The zero-order chi connectivity index (χ0) is 12.7. The summed E-state index contributed by atoms with van der Waals surface area (Å²) in [5.41, 5.74) is 0. The van der Waals surface area contributed by atoms with Gasteiger partial charge in [-0.1, -0.05) is 6.92 Å². The fraction of sp³-hybridized carbons (Fsp3) is 1.00. The third-order valence-corrected chi connectivity index (χ3v) is 4.65. The molecule has 1 fully saturated rings. The number of hydrogen-bond donors (Lipinski definition) is 1. The van der Waals surface area contributed by atoms with Gasteiger partial charge in [0.15, 0.2) is 0 Å². The molecule has 0 bridgehead atoms. The molecule has 1 aliphatic heterocycles. The van der Waals surface area contributed by atoms with E-state index < -0.39 is 10.0 Å². The molecule has 0 aromatic rings. The number of unbranched alkanes of at least 4 members (excludes halogenated alkanes) is 1. The monoisotopic (exact) mass is 263 g/mol. The second-order valence-corrected chi connectivity index (χ2v) is 6.60. The van der Waals surface area contributed by atoms with Crippen molar-refractivity contribution in [3.8, 4) is 0 Å². The van der Waals surface area contributed by atoms with E-state index in [1.165, 1.54) is 0 Å². The van der Waals surface area contributed by atoms with Crippen LogP contribution in [0.1, 0.15) is 19.8 Å². The number of piperazine rings is 1. The lowest BCUT2D eigenvalue weighted by atomic mass is 10.2. The van der Waals surface area contributed by atoms with Gasteiger partial charge in [0, 0.05) is 32.7 Å². The Bertz CT molecular complexity index is 298. The third-order valence-electron chi connectivity index (χ3n) is 3.10. The average Bonchev–Trinajstić information content (AvgIpc) is 2.27. The minimum atomic E-state index is -3.02. The van der Waals surface area contributed by atoms with Gasteiger partial charge >= 0.3 is 0 Å². The lowest BCUT2D eigenvalue weighted by Gasteiger charge is -2.32. The molecule has 1 N–H and O–H groups in total. The van der Waals surface area contributed by atoms with Crippen LogP contribution >= 0.6 is 0 Å². The minimum absolute atomic E-state index is 0.259. The molecule has 0 aromatic heterocycles. The summed E-state index contributed by atoms with van der Waals surface area (Å²) in [6, 6.07) is 0. The van der Waals surface area contributed by atoms with Crippen molar-refractivity contribution in [1.82, 2.24) is 14.5 Å². The Morgan fingerprint density at radius 1 is 1.12 bits per heavy atom. The van der Waals surface area contributed by atoms with Crippen molar-refractivity contribution in [3.63, 3.8) is 0 Å². The molecule has 0 saturated carbocycles. The maximum Gasteiger partial charge on any atom is 0.211 e. The van der Waals surface area contributed by atoms with Crippen LogP contribution in [-0.2, 0) is 10.0 Å². The van der Waals surface area contributed by atoms with Crippen molar-refractivity contribution in [3.05, 3.63) is 0 Å². The first-order chi connectivity index (χ1) is 8.03. The summed E-state index contributed by atoms with van der Waals surface area (Å²) >= 11 is 0. The van der Waals surface area contributed by atoms with Gasteiger partial charge in [-0.25, -0.2) is 13.1 Å². The van der Waals surface area contributed by atoms with Crippen LogP contribution in [0.4, 0.5) is 0 Å². The molecule has 1 aliphatic rings. The van der Waals surface area contributed by atoms with E-state index >= 15 is 0 Å². The van der Waals surface area contributed by atoms with Crippen LogP contribution in [0.25, 0.3) is 0 Å². The Kier molecular flexibility index (Phi) is 6.40. The van der Waals surface area contributed by atoms with Gasteiger partial charge in [0.05, 0.1) is 5.75 Å². The molecule has 6 heteroatoms.